The first-order chi connectivity index (χ1) is 12.8. The molecule has 0 spiro atoms. The van der Waals surface area contributed by atoms with E-state index in [0.717, 1.165) is 46.9 Å². The molecule has 2 aromatic heterocycles. The molecule has 3 rings (SSSR count). The number of rotatable bonds is 3. The van der Waals surface area contributed by atoms with Gasteiger partial charge in [-0.3, -0.25) is 0 Å². The lowest BCUT2D eigenvalue weighted by Crippen LogP contribution is -2.48. The minimum absolute atomic E-state index is 0.106. The molecule has 2 aromatic rings. The molecule has 0 saturated carbocycles. The monoisotopic (exact) mass is 373 g/mol. The first kappa shape index (κ1) is 19.1. The van der Waals surface area contributed by atoms with E-state index in [-0.39, 0.29) is 18.2 Å². The van der Waals surface area contributed by atoms with Crippen LogP contribution in [-0.2, 0) is 4.74 Å². The van der Waals surface area contributed by atoms with E-state index in [1.54, 1.807) is 4.90 Å². The summed E-state index contributed by atoms with van der Waals surface area (Å²) < 4.78 is 10.2. The second-order valence-corrected chi connectivity index (χ2v) is 7.17. The van der Waals surface area contributed by atoms with Crippen LogP contribution in [0.15, 0.2) is 4.52 Å². The highest BCUT2D eigenvalue weighted by Gasteiger charge is 2.30. The van der Waals surface area contributed by atoms with Gasteiger partial charge in [0.2, 0.25) is 0 Å². The van der Waals surface area contributed by atoms with Crippen molar-refractivity contribution < 1.29 is 14.1 Å². The van der Waals surface area contributed by atoms with Gasteiger partial charge in [0.05, 0.1) is 24.1 Å². The third-order valence-electron chi connectivity index (χ3n) is 5.15. The van der Waals surface area contributed by atoms with Gasteiger partial charge >= 0.3 is 6.09 Å². The maximum absolute atomic E-state index is 11.8. The number of hydrogen-bond donors (Lipinski definition) is 1. The van der Waals surface area contributed by atoms with Gasteiger partial charge in [0.15, 0.2) is 0 Å². The van der Waals surface area contributed by atoms with Gasteiger partial charge in [-0.25, -0.2) is 14.8 Å². The number of nitrogens with zero attached hydrogens (tertiary/aromatic N) is 4. The number of ether oxygens (including phenoxy) is 1. The average Bonchev–Trinajstić information content (AvgIpc) is 2.96. The van der Waals surface area contributed by atoms with Crippen LogP contribution in [0.1, 0.15) is 42.6 Å². The minimum atomic E-state index is -0.268. The number of carbonyl (C=O) groups is 1. The lowest BCUT2D eigenvalue weighted by molar-refractivity contribution is 0.0920. The normalized spacial score (nSPS) is 19.9. The van der Waals surface area contributed by atoms with Crippen molar-refractivity contribution in [3.8, 4) is 11.3 Å². The van der Waals surface area contributed by atoms with E-state index in [0.29, 0.717) is 12.4 Å². The summed E-state index contributed by atoms with van der Waals surface area (Å²) in [5.74, 6) is 2.26. The maximum atomic E-state index is 11.8. The van der Waals surface area contributed by atoms with Crippen molar-refractivity contribution in [1.82, 2.24) is 20.0 Å². The largest absolute Gasteiger partial charge is 0.453 e. The molecule has 1 aliphatic heterocycles. The standard InChI is InChI=1S/C19H27N5O3/c1-10-9-15(7-8-24(10)19(25)26-6)22-18-11(2)17(20-14(5)21-18)16-12(3)23-27-13(16)4/h10,15H,7-9H2,1-6H3,(H,20,21,22)/t10-,15-/m0/s1. The van der Waals surface area contributed by atoms with E-state index in [1.807, 2.05) is 34.6 Å². The molecule has 0 aromatic carbocycles. The molecule has 3 heterocycles. The SMILES string of the molecule is COC(=O)N1CC[C@H](Nc2nc(C)nc(-c3c(C)noc3C)c2C)C[C@@H]1C. The Labute approximate surface area is 159 Å². The Hall–Kier alpha value is -2.64. The van der Waals surface area contributed by atoms with Crippen LogP contribution in [0.4, 0.5) is 10.6 Å². The average molecular weight is 373 g/mol. The van der Waals surface area contributed by atoms with Crippen LogP contribution in [0.5, 0.6) is 0 Å². The second kappa shape index (κ2) is 7.54. The Morgan fingerprint density at radius 2 is 2.00 bits per heavy atom. The molecule has 0 unspecified atom stereocenters. The Morgan fingerprint density at radius 3 is 2.59 bits per heavy atom. The number of hydrogen-bond acceptors (Lipinski definition) is 7. The number of methoxy groups -OCH3 is 1. The predicted octanol–water partition coefficient (Wildman–Crippen LogP) is 3.40. The molecular weight excluding hydrogens is 346 g/mol. The molecule has 27 heavy (non-hydrogen) atoms. The zero-order valence-electron chi connectivity index (χ0n) is 16.8. The van der Waals surface area contributed by atoms with Crippen LogP contribution >= 0.6 is 0 Å². The molecule has 1 amide bonds. The zero-order chi connectivity index (χ0) is 19.7. The molecule has 1 N–H and O–H groups in total. The molecule has 1 saturated heterocycles. The van der Waals surface area contributed by atoms with Gasteiger partial charge < -0.3 is 19.5 Å². The van der Waals surface area contributed by atoms with Gasteiger partial charge in [-0.15, -0.1) is 0 Å². The van der Waals surface area contributed by atoms with Gasteiger partial charge in [-0.1, -0.05) is 5.16 Å². The lowest BCUT2D eigenvalue weighted by atomic mass is 9.98. The highest BCUT2D eigenvalue weighted by molar-refractivity contribution is 5.71. The van der Waals surface area contributed by atoms with E-state index >= 15 is 0 Å². The van der Waals surface area contributed by atoms with E-state index in [9.17, 15) is 4.79 Å². The molecule has 8 nitrogen and oxygen atoms in total. The zero-order valence-corrected chi connectivity index (χ0v) is 16.8. The van der Waals surface area contributed by atoms with E-state index < -0.39 is 0 Å². The van der Waals surface area contributed by atoms with E-state index in [4.69, 9.17) is 9.26 Å². The van der Waals surface area contributed by atoms with Gasteiger partial charge in [-0.05, 0) is 47.5 Å². The first-order valence-electron chi connectivity index (χ1n) is 9.21. The number of anilines is 1. The van der Waals surface area contributed by atoms with Gasteiger partial charge in [-0.2, -0.15) is 0 Å². The van der Waals surface area contributed by atoms with Crippen molar-refractivity contribution in [2.75, 3.05) is 19.0 Å². The molecule has 0 aliphatic carbocycles. The summed E-state index contributed by atoms with van der Waals surface area (Å²) in [6, 6.07) is 0.334. The number of amides is 1. The third-order valence-corrected chi connectivity index (χ3v) is 5.15. The molecule has 1 aliphatic rings. The molecule has 0 bridgehead atoms. The Bertz CT molecular complexity index is 829. The van der Waals surface area contributed by atoms with Crippen LogP contribution in [0.3, 0.4) is 0 Å². The number of piperidine rings is 1. The molecule has 146 valence electrons. The summed E-state index contributed by atoms with van der Waals surface area (Å²) in [6.07, 6.45) is 1.40. The van der Waals surface area contributed by atoms with Crippen LogP contribution in [0, 0.1) is 27.7 Å². The summed E-state index contributed by atoms with van der Waals surface area (Å²) in [5, 5.41) is 7.60. The number of carbonyl (C=O) groups excluding carboxylic acids is 1. The fourth-order valence-electron chi connectivity index (χ4n) is 3.72. The number of aromatic nitrogens is 3. The summed E-state index contributed by atoms with van der Waals surface area (Å²) in [5.41, 5.74) is 3.56. The summed E-state index contributed by atoms with van der Waals surface area (Å²) >= 11 is 0. The topological polar surface area (TPSA) is 93.4 Å². The van der Waals surface area contributed by atoms with Crippen LogP contribution in [-0.4, -0.2) is 51.9 Å². The fourth-order valence-corrected chi connectivity index (χ4v) is 3.72. The summed E-state index contributed by atoms with van der Waals surface area (Å²) in [4.78, 5) is 22.8. The van der Waals surface area contributed by atoms with Gasteiger partial charge in [0.1, 0.15) is 17.4 Å². The maximum Gasteiger partial charge on any atom is 0.409 e. The number of likely N-dealkylation sites (tertiary alicyclic amines) is 1. The van der Waals surface area contributed by atoms with Crippen LogP contribution in [0.2, 0.25) is 0 Å². The van der Waals surface area contributed by atoms with Crippen molar-refractivity contribution in [3.63, 3.8) is 0 Å². The molecule has 8 heteroatoms. The van der Waals surface area contributed by atoms with E-state index in [1.165, 1.54) is 7.11 Å². The molecule has 1 fully saturated rings. The number of aryl methyl sites for hydroxylation is 3. The lowest BCUT2D eigenvalue weighted by Gasteiger charge is -2.37. The van der Waals surface area contributed by atoms with E-state index in [2.05, 4.69) is 20.4 Å². The molecular formula is C19H27N5O3. The van der Waals surface area contributed by atoms with Crippen molar-refractivity contribution in [2.24, 2.45) is 0 Å². The fraction of sp³-hybridized carbons (Fsp3) is 0.579. The summed E-state index contributed by atoms with van der Waals surface area (Å²) in [6.45, 7) is 10.4. The predicted molar refractivity (Wildman–Crippen MR) is 102 cm³/mol. The Balaban J connectivity index is 1.84. The van der Waals surface area contributed by atoms with Crippen molar-refractivity contribution in [3.05, 3.63) is 22.8 Å². The van der Waals surface area contributed by atoms with Crippen LogP contribution < -0.4 is 5.32 Å². The first-order valence-corrected chi connectivity index (χ1v) is 9.21. The smallest absolute Gasteiger partial charge is 0.409 e. The summed E-state index contributed by atoms with van der Waals surface area (Å²) in [7, 11) is 1.42. The quantitative estimate of drug-likeness (QED) is 0.881. The van der Waals surface area contributed by atoms with Gasteiger partial charge in [0.25, 0.3) is 0 Å². The molecule has 2 atom stereocenters. The Morgan fingerprint density at radius 1 is 1.26 bits per heavy atom. The van der Waals surface area contributed by atoms with Crippen molar-refractivity contribution in [1.29, 1.82) is 0 Å². The second-order valence-electron chi connectivity index (χ2n) is 7.17. The number of nitrogens with one attached hydrogen (secondary N) is 1. The van der Waals surface area contributed by atoms with Crippen LogP contribution in [0.25, 0.3) is 11.3 Å². The van der Waals surface area contributed by atoms with Gasteiger partial charge in [0, 0.05) is 24.2 Å². The molecule has 0 radical (unpaired) electrons. The minimum Gasteiger partial charge on any atom is -0.453 e. The highest BCUT2D eigenvalue weighted by Crippen LogP contribution is 2.32. The van der Waals surface area contributed by atoms with Crippen molar-refractivity contribution in [2.45, 2.75) is 59.5 Å². The van der Waals surface area contributed by atoms with Crippen molar-refractivity contribution >= 4 is 11.9 Å². The third kappa shape index (κ3) is 3.74. The highest BCUT2D eigenvalue weighted by atomic mass is 16.5. The Kier molecular flexibility index (Phi) is 5.34.